The molecule has 0 heterocycles. The van der Waals surface area contributed by atoms with Gasteiger partial charge in [-0.1, -0.05) is 0 Å². The van der Waals surface area contributed by atoms with Gasteiger partial charge in [0.05, 0.1) is 13.2 Å². The highest BCUT2D eigenvalue weighted by Crippen LogP contribution is 2.00. The molecule has 0 N–H and O–H groups in total. The lowest BCUT2D eigenvalue weighted by molar-refractivity contribution is 0.112. The molecule has 0 spiro atoms. The molecule has 0 aromatic carbocycles. The van der Waals surface area contributed by atoms with Crippen molar-refractivity contribution >= 4 is 11.4 Å². The summed E-state index contributed by atoms with van der Waals surface area (Å²) >= 11 is -2.11. The monoisotopic (exact) mass is 206 g/mol. The SMILES string of the molecule is O=S(OCCF)OCCC(F)F. The number of hydrogen-bond donors (Lipinski definition) is 0. The summed E-state index contributed by atoms with van der Waals surface area (Å²) in [6.07, 6.45) is -3.01. The molecule has 1 unspecified atom stereocenters. The lowest BCUT2D eigenvalue weighted by Crippen LogP contribution is -2.07. The topological polar surface area (TPSA) is 35.5 Å². The molecule has 0 saturated heterocycles. The van der Waals surface area contributed by atoms with E-state index in [9.17, 15) is 17.4 Å². The quantitative estimate of drug-likeness (QED) is 0.628. The third-order valence-electron chi connectivity index (χ3n) is 0.772. The van der Waals surface area contributed by atoms with E-state index in [2.05, 4.69) is 8.37 Å². The van der Waals surface area contributed by atoms with E-state index >= 15 is 0 Å². The average molecular weight is 206 g/mol. The van der Waals surface area contributed by atoms with Crippen molar-refractivity contribution in [3.8, 4) is 0 Å². The van der Waals surface area contributed by atoms with Crippen molar-refractivity contribution in [2.45, 2.75) is 12.8 Å². The van der Waals surface area contributed by atoms with E-state index in [4.69, 9.17) is 0 Å². The van der Waals surface area contributed by atoms with Crippen molar-refractivity contribution in [1.82, 2.24) is 0 Å². The summed E-state index contributed by atoms with van der Waals surface area (Å²) in [6, 6.07) is 0. The first-order chi connectivity index (χ1) is 5.66. The van der Waals surface area contributed by atoms with Crippen LogP contribution in [0.25, 0.3) is 0 Å². The zero-order valence-electron chi connectivity index (χ0n) is 6.17. The Morgan fingerprint density at radius 1 is 1.25 bits per heavy atom. The smallest absolute Gasteiger partial charge is 0.268 e. The maximum Gasteiger partial charge on any atom is 0.304 e. The first-order valence-electron chi connectivity index (χ1n) is 3.19. The molecule has 0 aliphatic heterocycles. The van der Waals surface area contributed by atoms with Crippen molar-refractivity contribution in [3.63, 3.8) is 0 Å². The fraction of sp³-hybridized carbons (Fsp3) is 1.00. The standard InChI is InChI=1S/C5H9F3O3S/c6-2-4-11-12(9)10-3-1-5(7)8/h5H,1-4H2. The van der Waals surface area contributed by atoms with E-state index in [1.54, 1.807) is 0 Å². The Hall–Kier alpha value is -0.140. The number of hydrogen-bond acceptors (Lipinski definition) is 3. The summed E-state index contributed by atoms with van der Waals surface area (Å²) in [7, 11) is 0. The van der Waals surface area contributed by atoms with Gasteiger partial charge in [-0.2, -0.15) is 4.21 Å². The van der Waals surface area contributed by atoms with Gasteiger partial charge < -0.3 is 0 Å². The Morgan fingerprint density at radius 2 is 1.83 bits per heavy atom. The van der Waals surface area contributed by atoms with E-state index in [1.807, 2.05) is 0 Å². The van der Waals surface area contributed by atoms with Crippen molar-refractivity contribution in [3.05, 3.63) is 0 Å². The lowest BCUT2D eigenvalue weighted by Gasteiger charge is -2.01. The van der Waals surface area contributed by atoms with Gasteiger partial charge >= 0.3 is 11.4 Å². The molecule has 0 radical (unpaired) electrons. The first-order valence-corrected chi connectivity index (χ1v) is 4.19. The summed E-state index contributed by atoms with van der Waals surface area (Å²) in [6.45, 7) is -1.51. The van der Waals surface area contributed by atoms with Crippen LogP contribution in [0.4, 0.5) is 13.2 Å². The van der Waals surface area contributed by atoms with E-state index in [0.29, 0.717) is 0 Å². The predicted molar refractivity (Wildman–Crippen MR) is 36.6 cm³/mol. The van der Waals surface area contributed by atoms with Gasteiger partial charge in [0.15, 0.2) is 0 Å². The van der Waals surface area contributed by atoms with Crippen molar-refractivity contribution in [2.24, 2.45) is 0 Å². The van der Waals surface area contributed by atoms with Crippen LogP contribution in [0.15, 0.2) is 0 Å². The molecule has 12 heavy (non-hydrogen) atoms. The van der Waals surface area contributed by atoms with Crippen molar-refractivity contribution < 1.29 is 25.7 Å². The van der Waals surface area contributed by atoms with Gasteiger partial charge in [-0.25, -0.2) is 13.2 Å². The highest BCUT2D eigenvalue weighted by Gasteiger charge is 2.05. The molecule has 0 aliphatic rings. The molecular formula is C5H9F3O3S. The number of rotatable bonds is 7. The van der Waals surface area contributed by atoms with Gasteiger partial charge in [-0.05, 0) is 0 Å². The summed E-state index contributed by atoms with van der Waals surface area (Å²) in [4.78, 5) is 0. The molecule has 0 rings (SSSR count). The predicted octanol–water partition coefficient (Wildman–Crippen LogP) is 1.22. The van der Waals surface area contributed by atoms with Crippen LogP contribution in [0.2, 0.25) is 0 Å². The molecule has 0 bridgehead atoms. The molecule has 0 aromatic heterocycles. The van der Waals surface area contributed by atoms with Gasteiger partial charge in [0.1, 0.15) is 6.67 Å². The highest BCUT2D eigenvalue weighted by molar-refractivity contribution is 7.75. The molecular weight excluding hydrogens is 197 g/mol. The molecule has 7 heteroatoms. The zero-order chi connectivity index (χ0) is 9.40. The normalized spacial score (nSPS) is 13.7. The van der Waals surface area contributed by atoms with Gasteiger partial charge in [0.25, 0.3) is 0 Å². The minimum absolute atomic E-state index is 0.360. The van der Waals surface area contributed by atoms with E-state index < -0.39 is 30.9 Å². The van der Waals surface area contributed by atoms with E-state index in [1.165, 1.54) is 0 Å². The van der Waals surface area contributed by atoms with Gasteiger partial charge in [0, 0.05) is 6.42 Å². The molecule has 1 atom stereocenters. The van der Waals surface area contributed by atoms with Crippen LogP contribution >= 0.6 is 0 Å². The average Bonchev–Trinajstić information content (AvgIpc) is 2.00. The van der Waals surface area contributed by atoms with Gasteiger partial charge in [-0.15, -0.1) is 0 Å². The Balaban J connectivity index is 3.20. The molecule has 0 saturated carbocycles. The maximum absolute atomic E-state index is 11.5. The fourth-order valence-electron chi connectivity index (χ4n) is 0.339. The molecule has 0 fully saturated rings. The minimum Gasteiger partial charge on any atom is -0.268 e. The Kier molecular flexibility index (Phi) is 7.42. The summed E-state index contributed by atoms with van der Waals surface area (Å²) in [5.74, 6) is 0. The van der Waals surface area contributed by atoms with Crippen molar-refractivity contribution in [2.75, 3.05) is 19.9 Å². The van der Waals surface area contributed by atoms with Crippen LogP contribution in [0.5, 0.6) is 0 Å². The summed E-state index contributed by atoms with van der Waals surface area (Å²) in [5.41, 5.74) is 0. The van der Waals surface area contributed by atoms with Crippen LogP contribution in [0.1, 0.15) is 6.42 Å². The Labute approximate surface area is 70.7 Å². The van der Waals surface area contributed by atoms with Crippen LogP contribution < -0.4 is 0 Å². The number of alkyl halides is 3. The van der Waals surface area contributed by atoms with Gasteiger partial charge in [-0.3, -0.25) is 8.37 Å². The third kappa shape index (κ3) is 7.96. The van der Waals surface area contributed by atoms with Crippen molar-refractivity contribution in [1.29, 1.82) is 0 Å². The summed E-state index contributed by atoms with van der Waals surface area (Å²) in [5, 5.41) is 0. The van der Waals surface area contributed by atoms with Crippen LogP contribution in [-0.4, -0.2) is 30.5 Å². The Morgan fingerprint density at radius 3 is 2.33 bits per heavy atom. The summed E-state index contributed by atoms with van der Waals surface area (Å²) < 4.78 is 53.2. The second-order valence-corrected chi connectivity index (χ2v) is 2.60. The zero-order valence-corrected chi connectivity index (χ0v) is 6.99. The van der Waals surface area contributed by atoms with Crippen LogP contribution in [0, 0.1) is 0 Å². The maximum atomic E-state index is 11.5. The molecule has 74 valence electrons. The number of halogens is 3. The third-order valence-corrected chi connectivity index (χ3v) is 1.49. The fourth-order valence-corrected chi connectivity index (χ4v) is 0.838. The highest BCUT2D eigenvalue weighted by atomic mass is 32.2. The van der Waals surface area contributed by atoms with Crippen LogP contribution in [0.3, 0.4) is 0 Å². The second kappa shape index (κ2) is 7.51. The molecule has 0 amide bonds. The minimum atomic E-state index is -2.50. The largest absolute Gasteiger partial charge is 0.304 e. The molecule has 0 aliphatic carbocycles. The van der Waals surface area contributed by atoms with E-state index in [0.717, 1.165) is 0 Å². The molecule has 3 nitrogen and oxygen atoms in total. The lowest BCUT2D eigenvalue weighted by atomic mass is 10.5. The van der Waals surface area contributed by atoms with Crippen LogP contribution in [-0.2, 0) is 19.7 Å². The molecule has 0 aromatic rings. The second-order valence-electron chi connectivity index (χ2n) is 1.72. The van der Waals surface area contributed by atoms with E-state index in [-0.39, 0.29) is 13.2 Å². The first kappa shape index (κ1) is 11.9. The van der Waals surface area contributed by atoms with Gasteiger partial charge in [0.2, 0.25) is 6.43 Å². The Bertz CT molecular complexity index is 133.